The molecule has 3 aromatic rings. The summed E-state index contributed by atoms with van der Waals surface area (Å²) in [4.78, 5) is 28.4. The Morgan fingerprint density at radius 2 is 2.00 bits per heavy atom. The SMILES string of the molecule is CC(C)c1ccccc1NC(=O)COC(=O)c1ccc2ncsc2c1. The number of fused-ring (bicyclic) bond motifs is 1. The van der Waals surface area contributed by atoms with Crippen LogP contribution in [0.5, 0.6) is 0 Å². The maximum absolute atomic E-state index is 12.1. The topological polar surface area (TPSA) is 68.3 Å². The lowest BCUT2D eigenvalue weighted by Crippen LogP contribution is -2.21. The van der Waals surface area contributed by atoms with Gasteiger partial charge in [0.15, 0.2) is 6.61 Å². The van der Waals surface area contributed by atoms with Gasteiger partial charge in [-0.3, -0.25) is 4.79 Å². The maximum Gasteiger partial charge on any atom is 0.338 e. The highest BCUT2D eigenvalue weighted by Crippen LogP contribution is 2.23. The Morgan fingerprint density at radius 3 is 2.80 bits per heavy atom. The summed E-state index contributed by atoms with van der Waals surface area (Å²) in [5, 5.41) is 2.80. The lowest BCUT2D eigenvalue weighted by molar-refractivity contribution is -0.119. The summed E-state index contributed by atoms with van der Waals surface area (Å²) in [6, 6.07) is 12.7. The number of hydrogen-bond donors (Lipinski definition) is 1. The molecule has 0 aliphatic heterocycles. The van der Waals surface area contributed by atoms with Crippen LogP contribution in [0.15, 0.2) is 48.0 Å². The third-order valence-electron chi connectivity index (χ3n) is 3.76. The molecule has 5 nitrogen and oxygen atoms in total. The molecule has 25 heavy (non-hydrogen) atoms. The Bertz CT molecular complexity index is 918. The van der Waals surface area contributed by atoms with Gasteiger partial charge in [-0.25, -0.2) is 9.78 Å². The minimum atomic E-state index is -0.525. The average molecular weight is 354 g/mol. The number of carbonyl (C=O) groups excluding carboxylic acids is 2. The number of anilines is 1. The highest BCUT2D eigenvalue weighted by atomic mass is 32.1. The molecule has 0 atom stereocenters. The van der Waals surface area contributed by atoms with Crippen molar-refractivity contribution in [1.29, 1.82) is 0 Å². The number of benzene rings is 2. The molecule has 0 fully saturated rings. The minimum absolute atomic E-state index is 0.283. The first-order valence-electron chi connectivity index (χ1n) is 7.93. The van der Waals surface area contributed by atoms with Gasteiger partial charge >= 0.3 is 5.97 Å². The third kappa shape index (κ3) is 4.03. The van der Waals surface area contributed by atoms with E-state index in [4.69, 9.17) is 4.74 Å². The van der Waals surface area contributed by atoms with Crippen LogP contribution < -0.4 is 5.32 Å². The van der Waals surface area contributed by atoms with E-state index in [1.54, 1.807) is 23.7 Å². The van der Waals surface area contributed by atoms with Crippen molar-refractivity contribution >= 4 is 39.1 Å². The van der Waals surface area contributed by atoms with E-state index in [1.165, 1.54) is 11.3 Å². The van der Waals surface area contributed by atoms with Crippen LogP contribution in [0.1, 0.15) is 35.7 Å². The summed E-state index contributed by atoms with van der Waals surface area (Å²) in [6.07, 6.45) is 0. The first-order chi connectivity index (χ1) is 12.0. The quantitative estimate of drug-likeness (QED) is 0.697. The molecule has 1 aromatic heterocycles. The van der Waals surface area contributed by atoms with Gasteiger partial charge in [-0.15, -0.1) is 11.3 Å². The number of aromatic nitrogens is 1. The molecular weight excluding hydrogens is 336 g/mol. The van der Waals surface area contributed by atoms with Gasteiger partial charge in [0.1, 0.15) is 0 Å². The molecule has 1 amide bonds. The van der Waals surface area contributed by atoms with Crippen molar-refractivity contribution in [2.45, 2.75) is 19.8 Å². The predicted octanol–water partition coefficient (Wildman–Crippen LogP) is 4.22. The Hall–Kier alpha value is -2.73. The molecule has 0 saturated carbocycles. The Morgan fingerprint density at radius 1 is 1.20 bits per heavy atom. The molecule has 6 heteroatoms. The van der Waals surface area contributed by atoms with Gasteiger partial charge in [0.05, 0.1) is 21.3 Å². The largest absolute Gasteiger partial charge is 0.452 e. The normalized spacial score (nSPS) is 10.8. The van der Waals surface area contributed by atoms with Gasteiger partial charge in [0.2, 0.25) is 0 Å². The fourth-order valence-corrected chi connectivity index (χ4v) is 3.21. The van der Waals surface area contributed by atoms with Crippen LogP contribution in [0.4, 0.5) is 5.69 Å². The second-order valence-corrected chi connectivity index (χ2v) is 6.79. The Labute approximate surface area is 149 Å². The summed E-state index contributed by atoms with van der Waals surface area (Å²) >= 11 is 1.45. The summed E-state index contributed by atoms with van der Waals surface area (Å²) in [5.74, 6) is -0.604. The molecule has 0 spiro atoms. The summed E-state index contributed by atoms with van der Waals surface area (Å²) in [6.45, 7) is 3.78. The number of nitrogens with one attached hydrogen (secondary N) is 1. The first kappa shape index (κ1) is 17.1. The molecule has 1 N–H and O–H groups in total. The van der Waals surface area contributed by atoms with E-state index in [2.05, 4.69) is 24.1 Å². The predicted molar refractivity (Wildman–Crippen MR) is 99.1 cm³/mol. The van der Waals surface area contributed by atoms with Crippen molar-refractivity contribution in [3.63, 3.8) is 0 Å². The molecular formula is C19H18N2O3S. The van der Waals surface area contributed by atoms with Crippen molar-refractivity contribution in [2.24, 2.45) is 0 Å². The standard InChI is InChI=1S/C19H18N2O3S/c1-12(2)14-5-3-4-6-15(14)21-18(22)10-24-19(23)13-7-8-16-17(9-13)25-11-20-16/h3-9,11-12H,10H2,1-2H3,(H,21,22). The average Bonchev–Trinajstić information content (AvgIpc) is 3.07. The molecule has 128 valence electrons. The van der Waals surface area contributed by atoms with Crippen LogP contribution in [-0.4, -0.2) is 23.5 Å². The highest BCUT2D eigenvalue weighted by Gasteiger charge is 2.13. The van der Waals surface area contributed by atoms with Gasteiger partial charge in [-0.1, -0.05) is 32.0 Å². The van der Waals surface area contributed by atoms with E-state index >= 15 is 0 Å². The van der Waals surface area contributed by atoms with Gasteiger partial charge in [0, 0.05) is 5.69 Å². The number of para-hydroxylation sites is 1. The lowest BCUT2D eigenvalue weighted by Gasteiger charge is -2.13. The van der Waals surface area contributed by atoms with E-state index in [9.17, 15) is 9.59 Å². The van der Waals surface area contributed by atoms with E-state index in [-0.39, 0.29) is 18.4 Å². The van der Waals surface area contributed by atoms with Crippen LogP contribution in [0.2, 0.25) is 0 Å². The zero-order valence-electron chi connectivity index (χ0n) is 14.0. The number of esters is 1. The van der Waals surface area contributed by atoms with Crippen LogP contribution >= 0.6 is 11.3 Å². The van der Waals surface area contributed by atoms with Crippen molar-refractivity contribution in [3.8, 4) is 0 Å². The smallest absolute Gasteiger partial charge is 0.338 e. The summed E-state index contributed by atoms with van der Waals surface area (Å²) < 4.78 is 6.03. The molecule has 0 radical (unpaired) electrons. The molecule has 0 unspecified atom stereocenters. The molecule has 0 aliphatic carbocycles. The van der Waals surface area contributed by atoms with Crippen molar-refractivity contribution in [2.75, 3.05) is 11.9 Å². The number of hydrogen-bond acceptors (Lipinski definition) is 5. The fourth-order valence-electron chi connectivity index (χ4n) is 2.50. The van der Waals surface area contributed by atoms with E-state index < -0.39 is 5.97 Å². The molecule has 0 aliphatic rings. The van der Waals surface area contributed by atoms with E-state index in [0.29, 0.717) is 5.56 Å². The van der Waals surface area contributed by atoms with Crippen molar-refractivity contribution in [1.82, 2.24) is 4.98 Å². The monoisotopic (exact) mass is 354 g/mol. The Balaban J connectivity index is 1.61. The number of ether oxygens (including phenoxy) is 1. The molecule has 2 aromatic carbocycles. The maximum atomic E-state index is 12.1. The van der Waals surface area contributed by atoms with Gasteiger partial charge in [-0.2, -0.15) is 0 Å². The second-order valence-electron chi connectivity index (χ2n) is 5.90. The van der Waals surface area contributed by atoms with Crippen molar-refractivity contribution < 1.29 is 14.3 Å². The zero-order valence-corrected chi connectivity index (χ0v) is 14.8. The van der Waals surface area contributed by atoms with Crippen LogP contribution in [0, 0.1) is 0 Å². The van der Waals surface area contributed by atoms with Crippen molar-refractivity contribution in [3.05, 3.63) is 59.1 Å². The Kier molecular flexibility index (Phi) is 5.09. The molecule has 3 rings (SSSR count). The zero-order chi connectivity index (χ0) is 17.8. The van der Waals surface area contributed by atoms with Gasteiger partial charge in [0.25, 0.3) is 5.91 Å². The number of nitrogens with zero attached hydrogens (tertiary/aromatic N) is 1. The molecule has 1 heterocycles. The number of thiazole rings is 1. The van der Waals surface area contributed by atoms with E-state index in [0.717, 1.165) is 21.5 Å². The second kappa shape index (κ2) is 7.44. The van der Waals surface area contributed by atoms with Gasteiger partial charge < -0.3 is 10.1 Å². The molecule has 0 bridgehead atoms. The van der Waals surface area contributed by atoms with Gasteiger partial charge in [-0.05, 0) is 35.7 Å². The number of rotatable bonds is 5. The number of carbonyl (C=O) groups is 2. The van der Waals surface area contributed by atoms with Crippen LogP contribution in [-0.2, 0) is 9.53 Å². The molecule has 0 saturated heterocycles. The van der Waals surface area contributed by atoms with E-state index in [1.807, 2.05) is 24.3 Å². The third-order valence-corrected chi connectivity index (χ3v) is 4.55. The summed E-state index contributed by atoms with van der Waals surface area (Å²) in [7, 11) is 0. The minimum Gasteiger partial charge on any atom is -0.452 e. The number of amides is 1. The first-order valence-corrected chi connectivity index (χ1v) is 8.81. The van der Waals surface area contributed by atoms with Crippen LogP contribution in [0.3, 0.4) is 0 Å². The summed E-state index contributed by atoms with van der Waals surface area (Å²) in [5.41, 5.74) is 4.75. The lowest BCUT2D eigenvalue weighted by atomic mass is 10.0. The fraction of sp³-hybridized carbons (Fsp3) is 0.211. The van der Waals surface area contributed by atoms with Crippen LogP contribution in [0.25, 0.3) is 10.2 Å². The highest BCUT2D eigenvalue weighted by molar-refractivity contribution is 7.16.